The fourth-order valence-corrected chi connectivity index (χ4v) is 3.06. The van der Waals surface area contributed by atoms with Gasteiger partial charge in [-0.3, -0.25) is 0 Å². The molecule has 20 heavy (non-hydrogen) atoms. The van der Waals surface area contributed by atoms with Crippen molar-refractivity contribution < 1.29 is 0 Å². The Kier molecular flexibility index (Phi) is 2.52. The number of para-hydroxylation sites is 2. The number of hydrogen-bond donors (Lipinski definition) is 1. The summed E-state index contributed by atoms with van der Waals surface area (Å²) >= 11 is 0. The van der Waals surface area contributed by atoms with E-state index in [4.69, 9.17) is 0 Å². The Balaban J connectivity index is 1.54. The molecule has 3 heteroatoms. The number of aromatic nitrogens is 2. The zero-order chi connectivity index (χ0) is 13.5. The van der Waals surface area contributed by atoms with Crippen molar-refractivity contribution in [3.8, 4) is 0 Å². The second-order valence-electron chi connectivity index (χ2n) is 5.46. The Morgan fingerprint density at radius 2 is 1.95 bits per heavy atom. The second kappa shape index (κ2) is 4.37. The average Bonchev–Trinajstić information content (AvgIpc) is 2.77. The van der Waals surface area contributed by atoms with E-state index < -0.39 is 0 Å². The van der Waals surface area contributed by atoms with Gasteiger partial charge in [-0.25, -0.2) is 4.98 Å². The third-order valence-electron chi connectivity index (χ3n) is 4.25. The van der Waals surface area contributed by atoms with Crippen LogP contribution in [0.15, 0.2) is 48.5 Å². The van der Waals surface area contributed by atoms with Gasteiger partial charge in [-0.05, 0) is 29.7 Å². The molecule has 0 spiro atoms. The lowest BCUT2D eigenvalue weighted by Crippen LogP contribution is -2.25. The molecule has 2 aromatic carbocycles. The van der Waals surface area contributed by atoms with Gasteiger partial charge in [0.15, 0.2) is 0 Å². The molecule has 0 fully saturated rings. The fraction of sp³-hybridized carbons (Fsp3) is 0.235. The third-order valence-corrected chi connectivity index (χ3v) is 4.25. The normalized spacial score (nSPS) is 16.8. The molecule has 1 aliphatic rings. The van der Waals surface area contributed by atoms with Gasteiger partial charge in [0, 0.05) is 19.5 Å². The molecule has 0 radical (unpaired) electrons. The van der Waals surface area contributed by atoms with E-state index in [1.807, 2.05) is 6.07 Å². The smallest absolute Gasteiger partial charge is 0.203 e. The minimum atomic E-state index is 0.617. The summed E-state index contributed by atoms with van der Waals surface area (Å²) in [4.78, 5) is 4.65. The van der Waals surface area contributed by atoms with Crippen molar-refractivity contribution in [1.29, 1.82) is 0 Å². The van der Waals surface area contributed by atoms with Crippen molar-refractivity contribution in [1.82, 2.24) is 9.55 Å². The lowest BCUT2D eigenvalue weighted by molar-refractivity contribution is 0.631. The highest BCUT2D eigenvalue weighted by Crippen LogP contribution is 2.34. The van der Waals surface area contributed by atoms with Crippen molar-refractivity contribution in [3.63, 3.8) is 0 Å². The van der Waals surface area contributed by atoms with E-state index in [1.54, 1.807) is 0 Å². The van der Waals surface area contributed by atoms with Crippen LogP contribution >= 0.6 is 0 Å². The van der Waals surface area contributed by atoms with Gasteiger partial charge in [0.2, 0.25) is 5.95 Å². The van der Waals surface area contributed by atoms with E-state index >= 15 is 0 Å². The lowest BCUT2D eigenvalue weighted by atomic mass is 9.78. The molecule has 100 valence electrons. The van der Waals surface area contributed by atoms with E-state index in [2.05, 4.69) is 64.4 Å². The predicted molar refractivity (Wildman–Crippen MR) is 82.1 cm³/mol. The SMILES string of the molecule is Cn1c(NCC2Cc3ccccc32)nc2ccccc21. The average molecular weight is 263 g/mol. The summed E-state index contributed by atoms with van der Waals surface area (Å²) in [5.41, 5.74) is 5.19. The van der Waals surface area contributed by atoms with E-state index in [9.17, 15) is 0 Å². The highest BCUT2D eigenvalue weighted by molar-refractivity contribution is 5.78. The summed E-state index contributed by atoms with van der Waals surface area (Å²) in [6.07, 6.45) is 1.17. The van der Waals surface area contributed by atoms with Crippen molar-refractivity contribution >= 4 is 17.0 Å². The number of hydrogen-bond acceptors (Lipinski definition) is 2. The number of anilines is 1. The van der Waals surface area contributed by atoms with Crippen LogP contribution in [0, 0.1) is 0 Å². The Morgan fingerprint density at radius 3 is 2.80 bits per heavy atom. The molecular formula is C17H17N3. The van der Waals surface area contributed by atoms with Crippen LogP contribution in [-0.2, 0) is 13.5 Å². The molecule has 0 saturated heterocycles. The molecule has 0 saturated carbocycles. The van der Waals surface area contributed by atoms with Crippen LogP contribution in [-0.4, -0.2) is 16.1 Å². The highest BCUT2D eigenvalue weighted by Gasteiger charge is 2.25. The maximum Gasteiger partial charge on any atom is 0.203 e. The maximum atomic E-state index is 4.65. The molecule has 0 aliphatic heterocycles. The zero-order valence-electron chi connectivity index (χ0n) is 11.5. The summed E-state index contributed by atoms with van der Waals surface area (Å²) in [7, 11) is 2.06. The van der Waals surface area contributed by atoms with Gasteiger partial charge in [0.05, 0.1) is 11.0 Å². The number of nitrogens with zero attached hydrogens (tertiary/aromatic N) is 2. The number of nitrogens with one attached hydrogen (secondary N) is 1. The third kappa shape index (κ3) is 1.70. The molecule has 0 bridgehead atoms. The minimum absolute atomic E-state index is 0.617. The molecule has 1 unspecified atom stereocenters. The van der Waals surface area contributed by atoms with E-state index in [-0.39, 0.29) is 0 Å². The van der Waals surface area contributed by atoms with Crippen molar-refractivity contribution in [3.05, 3.63) is 59.7 Å². The van der Waals surface area contributed by atoms with Crippen LogP contribution in [0.3, 0.4) is 0 Å². The molecule has 1 N–H and O–H groups in total. The molecule has 3 aromatic rings. The number of rotatable bonds is 3. The summed E-state index contributed by atoms with van der Waals surface area (Å²) in [6, 6.07) is 16.9. The number of aryl methyl sites for hydroxylation is 1. The Labute approximate surface area is 118 Å². The van der Waals surface area contributed by atoms with Crippen LogP contribution in [0.25, 0.3) is 11.0 Å². The second-order valence-corrected chi connectivity index (χ2v) is 5.46. The molecule has 1 aromatic heterocycles. The molecule has 1 atom stereocenters. The number of benzene rings is 2. The first-order valence-corrected chi connectivity index (χ1v) is 7.06. The van der Waals surface area contributed by atoms with Crippen LogP contribution in [0.2, 0.25) is 0 Å². The summed E-state index contributed by atoms with van der Waals surface area (Å²) in [6.45, 7) is 0.953. The quantitative estimate of drug-likeness (QED) is 0.785. The van der Waals surface area contributed by atoms with Gasteiger partial charge in [0.25, 0.3) is 0 Å². The summed E-state index contributed by atoms with van der Waals surface area (Å²) in [5, 5.41) is 3.50. The van der Waals surface area contributed by atoms with E-state index in [0.29, 0.717) is 5.92 Å². The number of imidazole rings is 1. The Hall–Kier alpha value is -2.29. The lowest BCUT2D eigenvalue weighted by Gasteiger charge is -2.30. The van der Waals surface area contributed by atoms with Gasteiger partial charge in [0.1, 0.15) is 0 Å². The van der Waals surface area contributed by atoms with E-state index in [1.165, 1.54) is 23.1 Å². The fourth-order valence-electron chi connectivity index (χ4n) is 3.06. The predicted octanol–water partition coefficient (Wildman–Crippen LogP) is 3.33. The summed E-state index contributed by atoms with van der Waals surface area (Å²) in [5.74, 6) is 1.57. The molecule has 0 amide bonds. The van der Waals surface area contributed by atoms with Crippen molar-refractivity contribution in [2.24, 2.45) is 7.05 Å². The van der Waals surface area contributed by atoms with Crippen LogP contribution in [0.1, 0.15) is 17.0 Å². The maximum absolute atomic E-state index is 4.65. The van der Waals surface area contributed by atoms with Gasteiger partial charge < -0.3 is 9.88 Å². The van der Waals surface area contributed by atoms with E-state index in [0.717, 1.165) is 18.0 Å². The molecule has 1 heterocycles. The largest absolute Gasteiger partial charge is 0.355 e. The number of fused-ring (bicyclic) bond motifs is 2. The Morgan fingerprint density at radius 1 is 1.15 bits per heavy atom. The molecular weight excluding hydrogens is 246 g/mol. The summed E-state index contributed by atoms with van der Waals surface area (Å²) < 4.78 is 2.12. The van der Waals surface area contributed by atoms with Gasteiger partial charge in [-0.15, -0.1) is 0 Å². The van der Waals surface area contributed by atoms with Crippen LogP contribution in [0.4, 0.5) is 5.95 Å². The minimum Gasteiger partial charge on any atom is -0.355 e. The molecule has 1 aliphatic carbocycles. The topological polar surface area (TPSA) is 29.9 Å². The Bertz CT molecular complexity index is 773. The van der Waals surface area contributed by atoms with Crippen molar-refractivity contribution in [2.45, 2.75) is 12.3 Å². The van der Waals surface area contributed by atoms with Gasteiger partial charge in [-0.1, -0.05) is 36.4 Å². The van der Waals surface area contributed by atoms with Gasteiger partial charge >= 0.3 is 0 Å². The standard InChI is InChI=1S/C17H17N3/c1-20-16-9-5-4-8-15(16)19-17(20)18-11-13-10-12-6-2-3-7-14(12)13/h2-9,13H,10-11H2,1H3,(H,18,19). The monoisotopic (exact) mass is 263 g/mol. The first-order valence-electron chi connectivity index (χ1n) is 7.06. The zero-order valence-corrected chi connectivity index (χ0v) is 11.5. The molecule has 3 nitrogen and oxygen atoms in total. The van der Waals surface area contributed by atoms with Crippen LogP contribution in [0.5, 0.6) is 0 Å². The van der Waals surface area contributed by atoms with Gasteiger partial charge in [-0.2, -0.15) is 0 Å². The highest BCUT2D eigenvalue weighted by atomic mass is 15.2. The van der Waals surface area contributed by atoms with Crippen molar-refractivity contribution in [2.75, 3.05) is 11.9 Å². The molecule has 4 rings (SSSR count). The first kappa shape index (κ1) is 11.5. The van der Waals surface area contributed by atoms with Crippen LogP contribution < -0.4 is 5.32 Å². The first-order chi connectivity index (χ1) is 9.83.